The van der Waals surface area contributed by atoms with Crippen molar-refractivity contribution in [3.63, 3.8) is 0 Å². The van der Waals surface area contributed by atoms with Crippen LogP contribution in [0.3, 0.4) is 0 Å². The molecule has 0 aromatic carbocycles. The number of rotatable bonds is 3. The Morgan fingerprint density at radius 1 is 1.35 bits per heavy atom. The molecule has 0 amide bonds. The Hall–Kier alpha value is -1.25. The Labute approximate surface area is 121 Å². The van der Waals surface area contributed by atoms with Crippen molar-refractivity contribution in [2.45, 2.75) is 18.8 Å². The van der Waals surface area contributed by atoms with E-state index in [0.29, 0.717) is 24.9 Å². The highest BCUT2D eigenvalue weighted by Gasteiger charge is 2.28. The van der Waals surface area contributed by atoms with Crippen LogP contribution < -0.4 is 0 Å². The fourth-order valence-electron chi connectivity index (χ4n) is 2.34. The van der Waals surface area contributed by atoms with Gasteiger partial charge in [-0.05, 0) is 24.3 Å². The summed E-state index contributed by atoms with van der Waals surface area (Å²) in [6, 6.07) is 1.94. The fourth-order valence-corrected chi connectivity index (χ4v) is 3.84. The Balaban J connectivity index is 1.70. The largest absolute Gasteiger partial charge is 0.420 e. The smallest absolute Gasteiger partial charge is 0.248 e. The molecule has 1 saturated heterocycles. The van der Waals surface area contributed by atoms with Gasteiger partial charge in [0.05, 0.1) is 6.26 Å². The van der Waals surface area contributed by atoms with E-state index in [-0.39, 0.29) is 5.92 Å². The van der Waals surface area contributed by atoms with Crippen molar-refractivity contribution in [1.82, 2.24) is 14.5 Å². The van der Waals surface area contributed by atoms with Crippen molar-refractivity contribution in [3.05, 3.63) is 22.7 Å². The van der Waals surface area contributed by atoms with Gasteiger partial charge in [-0.25, -0.2) is 12.7 Å². The number of aromatic nitrogens is 2. The molecule has 2 aromatic heterocycles. The lowest BCUT2D eigenvalue weighted by atomic mass is 9.98. The third kappa shape index (κ3) is 2.77. The molecule has 2 aromatic rings. The summed E-state index contributed by atoms with van der Waals surface area (Å²) in [5, 5.41) is 12.1. The molecule has 1 aliphatic rings. The lowest BCUT2D eigenvalue weighted by molar-refractivity contribution is 0.293. The Bertz CT molecular complexity index is 671. The molecule has 108 valence electrons. The maximum Gasteiger partial charge on any atom is 0.248 e. The summed E-state index contributed by atoms with van der Waals surface area (Å²) in [6.07, 6.45) is 2.69. The van der Waals surface area contributed by atoms with Gasteiger partial charge in [-0.1, -0.05) is 0 Å². The highest BCUT2D eigenvalue weighted by Crippen LogP contribution is 2.30. The van der Waals surface area contributed by atoms with Gasteiger partial charge in [-0.3, -0.25) is 0 Å². The Kier molecular flexibility index (Phi) is 3.61. The summed E-state index contributed by atoms with van der Waals surface area (Å²) >= 11 is 1.58. The van der Waals surface area contributed by atoms with Gasteiger partial charge in [-0.2, -0.15) is 11.3 Å². The Morgan fingerprint density at radius 3 is 2.70 bits per heavy atom. The maximum atomic E-state index is 11.5. The van der Waals surface area contributed by atoms with E-state index >= 15 is 0 Å². The van der Waals surface area contributed by atoms with E-state index in [1.54, 1.807) is 11.3 Å². The average Bonchev–Trinajstić information content (AvgIpc) is 3.09. The second-order valence-electron chi connectivity index (χ2n) is 4.89. The SMILES string of the molecule is CS(=O)(=O)N1CCC(c2nnc(-c3ccsc3)o2)CC1. The molecule has 1 fully saturated rings. The van der Waals surface area contributed by atoms with Crippen LogP contribution in [0, 0.1) is 0 Å². The minimum absolute atomic E-state index is 0.146. The van der Waals surface area contributed by atoms with E-state index < -0.39 is 10.0 Å². The van der Waals surface area contributed by atoms with Crippen LogP contribution in [0.4, 0.5) is 0 Å². The van der Waals surface area contributed by atoms with Crippen LogP contribution in [-0.4, -0.2) is 42.3 Å². The number of nitrogens with zero attached hydrogens (tertiary/aromatic N) is 3. The van der Waals surface area contributed by atoms with Crippen LogP contribution >= 0.6 is 11.3 Å². The molecule has 6 nitrogen and oxygen atoms in total. The maximum absolute atomic E-state index is 11.5. The summed E-state index contributed by atoms with van der Waals surface area (Å²) in [4.78, 5) is 0. The highest BCUT2D eigenvalue weighted by atomic mass is 32.2. The molecule has 8 heteroatoms. The zero-order chi connectivity index (χ0) is 14.2. The van der Waals surface area contributed by atoms with E-state index in [2.05, 4.69) is 10.2 Å². The predicted octanol–water partition coefficient (Wildman–Crippen LogP) is 1.94. The van der Waals surface area contributed by atoms with Gasteiger partial charge in [0.1, 0.15) is 0 Å². The van der Waals surface area contributed by atoms with Crippen LogP contribution in [-0.2, 0) is 10.0 Å². The van der Waals surface area contributed by atoms with Gasteiger partial charge < -0.3 is 4.42 Å². The molecule has 0 aliphatic carbocycles. The van der Waals surface area contributed by atoms with Gasteiger partial charge in [0, 0.05) is 30.0 Å². The van der Waals surface area contributed by atoms with Crippen molar-refractivity contribution in [3.8, 4) is 11.5 Å². The highest BCUT2D eigenvalue weighted by molar-refractivity contribution is 7.88. The molecule has 0 spiro atoms. The fraction of sp³-hybridized carbons (Fsp3) is 0.500. The van der Waals surface area contributed by atoms with Crippen molar-refractivity contribution in [2.75, 3.05) is 19.3 Å². The first kappa shape index (κ1) is 13.7. The van der Waals surface area contributed by atoms with Crippen molar-refractivity contribution < 1.29 is 12.8 Å². The number of thiophene rings is 1. The van der Waals surface area contributed by atoms with Gasteiger partial charge in [0.25, 0.3) is 0 Å². The summed E-state index contributed by atoms with van der Waals surface area (Å²) < 4.78 is 30.1. The minimum atomic E-state index is -3.09. The minimum Gasteiger partial charge on any atom is -0.420 e. The van der Waals surface area contributed by atoms with E-state index in [4.69, 9.17) is 4.42 Å². The second-order valence-corrected chi connectivity index (χ2v) is 7.66. The molecule has 0 atom stereocenters. The first-order chi connectivity index (χ1) is 9.54. The molecule has 0 saturated carbocycles. The molecule has 1 aliphatic heterocycles. The zero-order valence-electron chi connectivity index (χ0n) is 11.0. The van der Waals surface area contributed by atoms with Crippen LogP contribution in [0.15, 0.2) is 21.2 Å². The number of hydrogen-bond donors (Lipinski definition) is 0. The quantitative estimate of drug-likeness (QED) is 0.865. The van der Waals surface area contributed by atoms with Crippen LogP contribution in [0.1, 0.15) is 24.7 Å². The van der Waals surface area contributed by atoms with Crippen molar-refractivity contribution in [1.29, 1.82) is 0 Å². The molecular formula is C12H15N3O3S2. The predicted molar refractivity (Wildman–Crippen MR) is 76.0 cm³/mol. The number of hydrogen-bond acceptors (Lipinski definition) is 6. The molecular weight excluding hydrogens is 298 g/mol. The van der Waals surface area contributed by atoms with Crippen LogP contribution in [0.25, 0.3) is 11.5 Å². The van der Waals surface area contributed by atoms with E-state index in [0.717, 1.165) is 18.4 Å². The molecule has 3 heterocycles. The monoisotopic (exact) mass is 313 g/mol. The summed E-state index contributed by atoms with van der Waals surface area (Å²) in [5.74, 6) is 1.29. The number of sulfonamides is 1. The van der Waals surface area contributed by atoms with E-state index in [9.17, 15) is 8.42 Å². The molecule has 20 heavy (non-hydrogen) atoms. The van der Waals surface area contributed by atoms with Gasteiger partial charge in [0.15, 0.2) is 0 Å². The molecule has 0 unspecified atom stereocenters. The van der Waals surface area contributed by atoms with Gasteiger partial charge in [-0.15, -0.1) is 10.2 Å². The number of piperidine rings is 1. The third-order valence-corrected chi connectivity index (χ3v) is 5.47. The summed E-state index contributed by atoms with van der Waals surface area (Å²) in [5.41, 5.74) is 0.933. The molecule has 0 bridgehead atoms. The average molecular weight is 313 g/mol. The Morgan fingerprint density at radius 2 is 2.10 bits per heavy atom. The van der Waals surface area contributed by atoms with E-state index in [1.807, 2.05) is 16.8 Å². The summed E-state index contributed by atoms with van der Waals surface area (Å²) in [7, 11) is -3.09. The standard InChI is InChI=1S/C12H15N3O3S2/c1-20(16,17)15-5-2-9(3-6-15)11-13-14-12(18-11)10-4-7-19-8-10/h4,7-9H,2-3,5-6H2,1H3. The van der Waals surface area contributed by atoms with Crippen LogP contribution in [0.2, 0.25) is 0 Å². The van der Waals surface area contributed by atoms with Crippen molar-refractivity contribution in [2.24, 2.45) is 0 Å². The van der Waals surface area contributed by atoms with Gasteiger partial charge >= 0.3 is 0 Å². The molecule has 0 N–H and O–H groups in total. The zero-order valence-corrected chi connectivity index (χ0v) is 12.7. The first-order valence-corrected chi connectivity index (χ1v) is 9.14. The third-order valence-electron chi connectivity index (χ3n) is 3.48. The second kappa shape index (κ2) is 5.27. The van der Waals surface area contributed by atoms with Crippen molar-refractivity contribution >= 4 is 21.4 Å². The lowest BCUT2D eigenvalue weighted by Gasteiger charge is -2.28. The van der Waals surface area contributed by atoms with Gasteiger partial charge in [0.2, 0.25) is 21.8 Å². The summed E-state index contributed by atoms with van der Waals surface area (Å²) in [6.45, 7) is 1.03. The normalized spacial score (nSPS) is 18.4. The lowest BCUT2D eigenvalue weighted by Crippen LogP contribution is -2.37. The van der Waals surface area contributed by atoms with E-state index in [1.165, 1.54) is 10.6 Å². The van der Waals surface area contributed by atoms with Crippen LogP contribution in [0.5, 0.6) is 0 Å². The molecule has 3 rings (SSSR count). The topological polar surface area (TPSA) is 76.3 Å². The molecule has 0 radical (unpaired) electrons. The first-order valence-electron chi connectivity index (χ1n) is 6.35.